The Morgan fingerprint density at radius 3 is 2.74 bits per heavy atom. The highest BCUT2D eigenvalue weighted by atomic mass is 35.5. The van der Waals surface area contributed by atoms with Gasteiger partial charge in [0.1, 0.15) is 17.7 Å². The van der Waals surface area contributed by atoms with Gasteiger partial charge in [0.05, 0.1) is 0 Å². The molecule has 3 rings (SSSR count). The molecule has 1 aliphatic rings. The van der Waals surface area contributed by atoms with Crippen molar-refractivity contribution < 1.29 is 9.90 Å². The van der Waals surface area contributed by atoms with E-state index < -0.39 is 6.10 Å². The van der Waals surface area contributed by atoms with Gasteiger partial charge in [-0.2, -0.15) is 0 Å². The molecular weight excluding hydrogens is 362 g/mol. The molecule has 2 aromatic rings. The number of rotatable bonds is 9. The van der Waals surface area contributed by atoms with E-state index >= 15 is 0 Å². The topological polar surface area (TPSA) is 68.0 Å². The zero-order valence-corrected chi connectivity index (χ0v) is 17.0. The van der Waals surface area contributed by atoms with Crippen LogP contribution in [0.3, 0.4) is 0 Å². The van der Waals surface area contributed by atoms with Crippen molar-refractivity contribution in [1.82, 2.24) is 14.8 Å². The molecule has 0 radical (unpaired) electrons. The zero-order valence-electron chi connectivity index (χ0n) is 16.3. The average molecular weight is 390 g/mol. The Balaban J connectivity index is 1.66. The second-order valence-electron chi connectivity index (χ2n) is 7.96. The lowest BCUT2D eigenvalue weighted by Gasteiger charge is -2.15. The molecule has 0 spiro atoms. The lowest BCUT2D eigenvalue weighted by Crippen LogP contribution is -2.13. The van der Waals surface area contributed by atoms with Crippen molar-refractivity contribution >= 4 is 17.4 Å². The van der Waals surface area contributed by atoms with Crippen LogP contribution in [0.1, 0.15) is 74.5 Å². The molecule has 1 aromatic heterocycles. The Hall–Kier alpha value is -1.72. The maximum absolute atomic E-state index is 12.5. The van der Waals surface area contributed by atoms with E-state index in [9.17, 15) is 9.90 Å². The van der Waals surface area contributed by atoms with Crippen molar-refractivity contribution in [2.75, 3.05) is 0 Å². The summed E-state index contributed by atoms with van der Waals surface area (Å²) in [5.41, 5.74) is 1.94. The highest BCUT2D eigenvalue weighted by Crippen LogP contribution is 2.38. The van der Waals surface area contributed by atoms with Crippen LogP contribution >= 0.6 is 11.6 Å². The van der Waals surface area contributed by atoms with Gasteiger partial charge in [0.2, 0.25) is 0 Å². The van der Waals surface area contributed by atoms with E-state index in [0.717, 1.165) is 29.8 Å². The van der Waals surface area contributed by atoms with E-state index in [1.807, 2.05) is 25.1 Å². The number of aliphatic hydroxyl groups is 1. The van der Waals surface area contributed by atoms with Gasteiger partial charge in [-0.1, -0.05) is 37.6 Å². The summed E-state index contributed by atoms with van der Waals surface area (Å²) in [6.07, 6.45) is 3.58. The summed E-state index contributed by atoms with van der Waals surface area (Å²) in [7, 11) is 0. The predicted molar refractivity (Wildman–Crippen MR) is 106 cm³/mol. The van der Waals surface area contributed by atoms with Gasteiger partial charge < -0.3 is 9.67 Å². The molecule has 1 aliphatic carbocycles. The number of halogens is 1. The number of aryl methyl sites for hydroxylation is 1. The van der Waals surface area contributed by atoms with Gasteiger partial charge in [-0.05, 0) is 49.3 Å². The summed E-state index contributed by atoms with van der Waals surface area (Å²) in [4.78, 5) is 12.5. The van der Waals surface area contributed by atoms with E-state index in [4.69, 9.17) is 11.6 Å². The van der Waals surface area contributed by atoms with Crippen LogP contribution in [0.15, 0.2) is 18.2 Å². The number of carbonyl (C=O) groups excluding carboxylic acids is 1. The largest absolute Gasteiger partial charge is 0.385 e. The summed E-state index contributed by atoms with van der Waals surface area (Å²) in [6.45, 7) is 6.11. The molecule has 0 bridgehead atoms. The van der Waals surface area contributed by atoms with E-state index in [0.29, 0.717) is 48.5 Å². The first-order chi connectivity index (χ1) is 12.9. The Morgan fingerprint density at radius 2 is 2.07 bits per heavy atom. The molecule has 0 aliphatic heterocycles. The first kappa shape index (κ1) is 20.0. The zero-order chi connectivity index (χ0) is 19.6. The smallest absolute Gasteiger partial charge is 0.162 e. The van der Waals surface area contributed by atoms with Crippen molar-refractivity contribution in [2.45, 2.75) is 71.4 Å². The molecule has 0 saturated heterocycles. The summed E-state index contributed by atoms with van der Waals surface area (Å²) in [5.74, 6) is 2.01. The fraction of sp³-hybridized carbons (Fsp3) is 0.571. The lowest BCUT2D eigenvalue weighted by molar-refractivity contribution is -0.118. The SMILES string of the molecule is Cc1c(Cl)cccc1CC(=O)CCc1nnc(C(O)CC(C)C)n1C1CC1. The number of benzene rings is 1. The minimum Gasteiger partial charge on any atom is -0.385 e. The van der Waals surface area contributed by atoms with Gasteiger partial charge in [-0.15, -0.1) is 10.2 Å². The quantitative estimate of drug-likeness (QED) is 0.690. The predicted octanol–water partition coefficient (Wildman–Crippen LogP) is 4.40. The number of Topliss-reactive ketones (excluding diaryl/α,β-unsaturated/α-hetero) is 1. The summed E-state index contributed by atoms with van der Waals surface area (Å²) < 4.78 is 2.07. The van der Waals surface area contributed by atoms with Gasteiger partial charge in [0.15, 0.2) is 5.82 Å². The molecule has 1 atom stereocenters. The minimum absolute atomic E-state index is 0.162. The van der Waals surface area contributed by atoms with Crippen LogP contribution in [0.4, 0.5) is 0 Å². The van der Waals surface area contributed by atoms with Crippen LogP contribution < -0.4 is 0 Å². The normalized spacial score (nSPS) is 15.3. The molecule has 1 heterocycles. The van der Waals surface area contributed by atoms with Crippen LogP contribution in [-0.4, -0.2) is 25.7 Å². The van der Waals surface area contributed by atoms with Gasteiger partial charge in [-0.3, -0.25) is 4.79 Å². The van der Waals surface area contributed by atoms with Crippen molar-refractivity contribution in [2.24, 2.45) is 5.92 Å². The molecule has 1 saturated carbocycles. The molecule has 5 nitrogen and oxygen atoms in total. The lowest BCUT2D eigenvalue weighted by atomic mass is 10.0. The Morgan fingerprint density at radius 1 is 1.33 bits per heavy atom. The second-order valence-corrected chi connectivity index (χ2v) is 8.37. The highest BCUT2D eigenvalue weighted by Gasteiger charge is 2.31. The summed E-state index contributed by atoms with van der Waals surface area (Å²) in [5, 5.41) is 19.7. The molecule has 146 valence electrons. The van der Waals surface area contributed by atoms with E-state index in [2.05, 4.69) is 28.6 Å². The van der Waals surface area contributed by atoms with E-state index in [1.165, 1.54) is 0 Å². The second kappa shape index (κ2) is 8.53. The molecule has 1 unspecified atom stereocenters. The number of aromatic nitrogens is 3. The van der Waals surface area contributed by atoms with Crippen LogP contribution in [0.25, 0.3) is 0 Å². The number of carbonyl (C=O) groups is 1. The Bertz CT molecular complexity index is 812. The first-order valence-electron chi connectivity index (χ1n) is 9.74. The van der Waals surface area contributed by atoms with E-state index in [1.54, 1.807) is 0 Å². The number of hydrogen-bond acceptors (Lipinski definition) is 4. The third kappa shape index (κ3) is 4.96. The third-order valence-electron chi connectivity index (χ3n) is 5.09. The Labute approximate surface area is 165 Å². The fourth-order valence-corrected chi connectivity index (χ4v) is 3.61. The highest BCUT2D eigenvalue weighted by molar-refractivity contribution is 6.31. The number of nitrogens with zero attached hydrogens (tertiary/aromatic N) is 3. The summed E-state index contributed by atoms with van der Waals surface area (Å²) >= 11 is 6.14. The molecule has 1 fully saturated rings. The van der Waals surface area contributed by atoms with Crippen LogP contribution in [0.2, 0.25) is 5.02 Å². The van der Waals surface area contributed by atoms with Crippen LogP contribution in [0, 0.1) is 12.8 Å². The van der Waals surface area contributed by atoms with Gasteiger partial charge in [-0.25, -0.2) is 0 Å². The van der Waals surface area contributed by atoms with Gasteiger partial charge >= 0.3 is 0 Å². The average Bonchev–Trinajstić information content (AvgIpc) is 3.35. The van der Waals surface area contributed by atoms with Crippen molar-refractivity contribution in [3.8, 4) is 0 Å². The molecular formula is C21H28ClN3O2. The third-order valence-corrected chi connectivity index (χ3v) is 5.50. The van der Waals surface area contributed by atoms with Crippen molar-refractivity contribution in [3.05, 3.63) is 46.0 Å². The molecule has 1 aromatic carbocycles. The molecule has 27 heavy (non-hydrogen) atoms. The van der Waals surface area contributed by atoms with Crippen LogP contribution in [0.5, 0.6) is 0 Å². The molecule has 1 N–H and O–H groups in total. The standard InChI is InChI=1S/C21H28ClN3O2/c1-13(2)11-19(27)21-24-23-20(25(21)16-7-8-16)10-9-17(26)12-15-5-4-6-18(22)14(15)3/h4-6,13,16,19,27H,7-12H2,1-3H3. The maximum Gasteiger partial charge on any atom is 0.162 e. The molecule has 0 amide bonds. The van der Waals surface area contributed by atoms with Crippen molar-refractivity contribution in [3.63, 3.8) is 0 Å². The van der Waals surface area contributed by atoms with Gasteiger partial charge in [0.25, 0.3) is 0 Å². The number of ketones is 1. The fourth-order valence-electron chi connectivity index (χ4n) is 3.41. The van der Waals surface area contributed by atoms with Crippen LogP contribution in [-0.2, 0) is 17.6 Å². The first-order valence-corrected chi connectivity index (χ1v) is 10.1. The van der Waals surface area contributed by atoms with Crippen molar-refractivity contribution in [1.29, 1.82) is 0 Å². The number of aliphatic hydroxyl groups excluding tert-OH is 1. The minimum atomic E-state index is -0.600. The van der Waals surface area contributed by atoms with E-state index in [-0.39, 0.29) is 5.78 Å². The maximum atomic E-state index is 12.5. The molecule has 6 heteroatoms. The van der Waals surface area contributed by atoms with Gasteiger partial charge in [0, 0.05) is 30.3 Å². The Kier molecular flexibility index (Phi) is 6.33. The monoisotopic (exact) mass is 389 g/mol. The summed E-state index contributed by atoms with van der Waals surface area (Å²) in [6, 6.07) is 6.04. The number of hydrogen-bond donors (Lipinski definition) is 1.